The quantitative estimate of drug-likeness (QED) is 0.846. The third-order valence-corrected chi connectivity index (χ3v) is 4.33. The summed E-state index contributed by atoms with van der Waals surface area (Å²) >= 11 is 3.38. The topological polar surface area (TPSA) is 54.3 Å². The molecular formula is C18H22BrN3O2. The van der Waals surface area contributed by atoms with Crippen molar-refractivity contribution < 1.29 is 9.59 Å². The highest BCUT2D eigenvalue weighted by Gasteiger charge is 2.19. The van der Waals surface area contributed by atoms with Crippen molar-refractivity contribution in [2.24, 2.45) is 0 Å². The first kappa shape index (κ1) is 18.3. The molecular weight excluding hydrogens is 370 g/mol. The molecule has 24 heavy (non-hydrogen) atoms. The lowest BCUT2D eigenvalue weighted by Crippen LogP contribution is -2.36. The molecule has 0 bridgehead atoms. The Labute approximate surface area is 150 Å². The number of carbonyl (C=O) groups is 2. The lowest BCUT2D eigenvalue weighted by molar-refractivity contribution is -0.116. The van der Waals surface area contributed by atoms with Crippen LogP contribution in [0.4, 0.5) is 5.69 Å². The molecule has 0 atom stereocenters. The van der Waals surface area contributed by atoms with Crippen LogP contribution in [0, 0.1) is 13.8 Å². The molecule has 0 fully saturated rings. The minimum atomic E-state index is -0.211. The van der Waals surface area contributed by atoms with Gasteiger partial charge < -0.3 is 14.8 Å². The number of hydrogen-bond donors (Lipinski definition) is 1. The Kier molecular flexibility index (Phi) is 5.83. The van der Waals surface area contributed by atoms with Gasteiger partial charge >= 0.3 is 0 Å². The van der Waals surface area contributed by atoms with Crippen LogP contribution in [-0.2, 0) is 11.3 Å². The third kappa shape index (κ3) is 4.06. The molecule has 0 aliphatic heterocycles. The van der Waals surface area contributed by atoms with Crippen molar-refractivity contribution in [3.8, 4) is 0 Å². The number of halogens is 1. The number of nitrogens with zero attached hydrogens (tertiary/aromatic N) is 2. The number of aryl methyl sites for hydroxylation is 3. The molecule has 128 valence electrons. The number of aromatic nitrogens is 1. The fraction of sp³-hybridized carbons (Fsp3) is 0.333. The van der Waals surface area contributed by atoms with Crippen molar-refractivity contribution in [1.82, 2.24) is 9.47 Å². The van der Waals surface area contributed by atoms with Crippen LogP contribution < -0.4 is 5.32 Å². The van der Waals surface area contributed by atoms with Gasteiger partial charge in [-0.2, -0.15) is 0 Å². The third-order valence-electron chi connectivity index (χ3n) is 3.90. The first-order valence-electron chi connectivity index (χ1n) is 7.80. The summed E-state index contributed by atoms with van der Waals surface area (Å²) in [6, 6.07) is 7.62. The summed E-state index contributed by atoms with van der Waals surface area (Å²) in [5, 5.41) is 2.90. The Bertz CT molecular complexity index is 747. The van der Waals surface area contributed by atoms with Crippen molar-refractivity contribution in [2.75, 3.05) is 18.9 Å². The minimum Gasteiger partial charge on any atom is -0.343 e. The fourth-order valence-electron chi connectivity index (χ4n) is 2.59. The van der Waals surface area contributed by atoms with Crippen LogP contribution in [0.5, 0.6) is 0 Å². The van der Waals surface area contributed by atoms with Crippen LogP contribution in [0.3, 0.4) is 0 Å². The van der Waals surface area contributed by atoms with E-state index in [1.54, 1.807) is 13.1 Å². The molecule has 2 amide bonds. The molecule has 0 aliphatic carbocycles. The van der Waals surface area contributed by atoms with Crippen molar-refractivity contribution in [2.45, 2.75) is 27.3 Å². The number of para-hydroxylation sites is 1. The van der Waals surface area contributed by atoms with Crippen LogP contribution in [0.1, 0.15) is 28.5 Å². The highest BCUT2D eigenvalue weighted by Crippen LogP contribution is 2.20. The van der Waals surface area contributed by atoms with Gasteiger partial charge in [0.15, 0.2) is 0 Å². The molecule has 2 aromatic rings. The zero-order chi connectivity index (χ0) is 17.9. The van der Waals surface area contributed by atoms with Gasteiger partial charge in [0, 0.05) is 29.9 Å². The van der Waals surface area contributed by atoms with Crippen LogP contribution in [0.25, 0.3) is 0 Å². The summed E-state index contributed by atoms with van der Waals surface area (Å²) in [4.78, 5) is 26.3. The van der Waals surface area contributed by atoms with Crippen molar-refractivity contribution >= 4 is 33.4 Å². The molecule has 0 saturated heterocycles. The molecule has 2 rings (SSSR count). The van der Waals surface area contributed by atoms with Gasteiger partial charge in [0.05, 0.1) is 6.54 Å². The summed E-state index contributed by atoms with van der Waals surface area (Å²) in [5.74, 6) is -0.392. The maximum absolute atomic E-state index is 12.6. The number of amides is 2. The lowest BCUT2D eigenvalue weighted by Gasteiger charge is -2.19. The van der Waals surface area contributed by atoms with Gasteiger partial charge in [-0.25, -0.2) is 0 Å². The zero-order valence-corrected chi connectivity index (χ0v) is 16.0. The van der Waals surface area contributed by atoms with Gasteiger partial charge in [0.2, 0.25) is 5.91 Å². The van der Waals surface area contributed by atoms with Gasteiger partial charge in [-0.3, -0.25) is 9.59 Å². The first-order chi connectivity index (χ1) is 11.3. The van der Waals surface area contributed by atoms with E-state index < -0.39 is 0 Å². The standard InChI is InChI=1S/C18H22BrN3O2/c1-5-22-10-14(19)9-15(22)18(24)21(4)11-16(23)20-17-12(2)7-6-8-13(17)3/h6-10H,5,11H2,1-4H3,(H,20,23). The summed E-state index contributed by atoms with van der Waals surface area (Å²) in [6.07, 6.45) is 1.86. The molecule has 0 saturated carbocycles. The number of benzene rings is 1. The van der Waals surface area contributed by atoms with Crippen LogP contribution in [0.2, 0.25) is 0 Å². The summed E-state index contributed by atoms with van der Waals surface area (Å²) < 4.78 is 2.70. The fourth-order valence-corrected chi connectivity index (χ4v) is 3.05. The Morgan fingerprint density at radius 1 is 1.25 bits per heavy atom. The van der Waals surface area contributed by atoms with Gasteiger partial charge in [0.25, 0.3) is 5.91 Å². The Morgan fingerprint density at radius 3 is 2.46 bits per heavy atom. The number of anilines is 1. The molecule has 1 heterocycles. The Balaban J connectivity index is 2.07. The second-order valence-electron chi connectivity index (χ2n) is 5.81. The smallest absolute Gasteiger partial charge is 0.270 e. The molecule has 1 aromatic carbocycles. The summed E-state index contributed by atoms with van der Waals surface area (Å²) in [6.45, 7) is 6.55. The number of likely N-dealkylation sites (N-methyl/N-ethyl adjacent to an activating group) is 1. The van der Waals surface area contributed by atoms with Crippen molar-refractivity contribution in [1.29, 1.82) is 0 Å². The van der Waals surface area contributed by atoms with Crippen LogP contribution in [0.15, 0.2) is 34.9 Å². The summed E-state index contributed by atoms with van der Waals surface area (Å²) in [7, 11) is 1.63. The molecule has 6 heteroatoms. The monoisotopic (exact) mass is 391 g/mol. The highest BCUT2D eigenvalue weighted by molar-refractivity contribution is 9.10. The second kappa shape index (κ2) is 7.66. The van der Waals surface area contributed by atoms with Gasteiger partial charge in [-0.15, -0.1) is 0 Å². The van der Waals surface area contributed by atoms with Crippen LogP contribution >= 0.6 is 15.9 Å². The molecule has 0 spiro atoms. The van der Waals surface area contributed by atoms with E-state index in [1.807, 2.05) is 49.7 Å². The molecule has 0 aliphatic rings. The number of hydrogen-bond acceptors (Lipinski definition) is 2. The molecule has 5 nitrogen and oxygen atoms in total. The van der Waals surface area contributed by atoms with Gasteiger partial charge in [-0.1, -0.05) is 18.2 Å². The Hall–Kier alpha value is -2.08. The second-order valence-corrected chi connectivity index (χ2v) is 6.72. The van der Waals surface area contributed by atoms with E-state index >= 15 is 0 Å². The number of nitrogens with one attached hydrogen (secondary N) is 1. The SMILES string of the molecule is CCn1cc(Br)cc1C(=O)N(C)CC(=O)Nc1c(C)cccc1C. The highest BCUT2D eigenvalue weighted by atomic mass is 79.9. The van der Waals surface area contributed by atoms with E-state index in [9.17, 15) is 9.59 Å². The maximum atomic E-state index is 12.6. The lowest BCUT2D eigenvalue weighted by atomic mass is 10.1. The predicted octanol–water partition coefficient (Wildman–Crippen LogP) is 3.60. The number of rotatable bonds is 5. The Morgan fingerprint density at radius 2 is 1.88 bits per heavy atom. The van der Waals surface area contributed by atoms with Crippen LogP contribution in [-0.4, -0.2) is 34.9 Å². The molecule has 0 unspecified atom stereocenters. The van der Waals surface area contributed by atoms with Gasteiger partial charge in [-0.05, 0) is 53.9 Å². The maximum Gasteiger partial charge on any atom is 0.270 e. The number of carbonyl (C=O) groups excluding carboxylic acids is 2. The largest absolute Gasteiger partial charge is 0.343 e. The predicted molar refractivity (Wildman–Crippen MR) is 99.3 cm³/mol. The van der Waals surface area contributed by atoms with E-state index in [-0.39, 0.29) is 18.4 Å². The van der Waals surface area contributed by atoms with E-state index in [0.717, 1.165) is 21.3 Å². The van der Waals surface area contributed by atoms with E-state index in [2.05, 4.69) is 21.2 Å². The average molecular weight is 392 g/mol. The van der Waals surface area contributed by atoms with E-state index in [1.165, 1.54) is 4.90 Å². The summed E-state index contributed by atoms with van der Waals surface area (Å²) in [5.41, 5.74) is 3.37. The molecule has 0 radical (unpaired) electrons. The first-order valence-corrected chi connectivity index (χ1v) is 8.60. The van der Waals surface area contributed by atoms with Crippen molar-refractivity contribution in [3.05, 3.63) is 51.8 Å². The van der Waals surface area contributed by atoms with E-state index in [0.29, 0.717) is 12.2 Å². The zero-order valence-electron chi connectivity index (χ0n) is 14.4. The van der Waals surface area contributed by atoms with Crippen molar-refractivity contribution in [3.63, 3.8) is 0 Å². The minimum absolute atomic E-state index is 0.000872. The average Bonchev–Trinajstić information content (AvgIpc) is 2.91. The van der Waals surface area contributed by atoms with E-state index in [4.69, 9.17) is 0 Å². The molecule has 1 N–H and O–H groups in total. The van der Waals surface area contributed by atoms with Gasteiger partial charge in [0.1, 0.15) is 5.69 Å². The normalized spacial score (nSPS) is 10.5. The molecule has 1 aromatic heterocycles.